The van der Waals surface area contributed by atoms with E-state index in [1.54, 1.807) is 12.4 Å². The molecule has 1 amide bonds. The van der Waals surface area contributed by atoms with Gasteiger partial charge < -0.3 is 5.32 Å². The molecule has 0 fully saturated rings. The van der Waals surface area contributed by atoms with Crippen LogP contribution in [0.5, 0.6) is 0 Å². The summed E-state index contributed by atoms with van der Waals surface area (Å²) in [5.41, 5.74) is 1.68. The second kappa shape index (κ2) is 6.91. The third-order valence-electron chi connectivity index (χ3n) is 3.45. The Morgan fingerprint density at radius 2 is 2.04 bits per heavy atom. The summed E-state index contributed by atoms with van der Waals surface area (Å²) in [7, 11) is 0. The van der Waals surface area contributed by atoms with Crippen LogP contribution in [0.25, 0.3) is 5.82 Å². The molecule has 116 valence electrons. The lowest BCUT2D eigenvalue weighted by atomic mass is 10.2. The minimum atomic E-state index is -0.0767. The molecular formula is C17H15IN4O. The maximum absolute atomic E-state index is 12.3. The van der Waals surface area contributed by atoms with Crippen LogP contribution >= 0.6 is 22.6 Å². The summed E-state index contributed by atoms with van der Waals surface area (Å²) in [6, 6.07) is 11.4. The maximum atomic E-state index is 12.3. The van der Waals surface area contributed by atoms with Gasteiger partial charge >= 0.3 is 0 Å². The van der Waals surface area contributed by atoms with Gasteiger partial charge in [-0.2, -0.15) is 0 Å². The summed E-state index contributed by atoms with van der Waals surface area (Å²) in [6.07, 6.45) is 5.34. The highest BCUT2D eigenvalue weighted by atomic mass is 127. The first kappa shape index (κ1) is 15.7. The van der Waals surface area contributed by atoms with Crippen molar-refractivity contribution in [2.24, 2.45) is 0 Å². The molecule has 0 aliphatic heterocycles. The Morgan fingerprint density at radius 1 is 1.22 bits per heavy atom. The normalized spacial score (nSPS) is 10.5. The number of aryl methyl sites for hydroxylation is 1. The SMILES string of the molecule is Cc1nccn1-c1cc(CNC(=O)c2ccccc2I)ccn1. The fourth-order valence-electron chi connectivity index (χ4n) is 2.25. The first-order chi connectivity index (χ1) is 11.1. The summed E-state index contributed by atoms with van der Waals surface area (Å²) in [5, 5.41) is 2.95. The van der Waals surface area contributed by atoms with E-state index in [0.717, 1.165) is 20.8 Å². The van der Waals surface area contributed by atoms with Gasteiger partial charge in [0.2, 0.25) is 0 Å². The van der Waals surface area contributed by atoms with Gasteiger partial charge in [-0.3, -0.25) is 9.36 Å². The predicted octanol–water partition coefficient (Wildman–Crippen LogP) is 3.11. The van der Waals surface area contributed by atoms with E-state index in [1.807, 2.05) is 54.1 Å². The van der Waals surface area contributed by atoms with Crippen LogP contribution < -0.4 is 5.32 Å². The summed E-state index contributed by atoms with van der Waals surface area (Å²) < 4.78 is 2.85. The smallest absolute Gasteiger partial charge is 0.252 e. The lowest BCUT2D eigenvalue weighted by Gasteiger charge is -2.09. The van der Waals surface area contributed by atoms with E-state index in [2.05, 4.69) is 37.9 Å². The molecule has 0 aliphatic carbocycles. The summed E-state index contributed by atoms with van der Waals surface area (Å²) >= 11 is 2.16. The Hall–Kier alpha value is -2.22. The highest BCUT2D eigenvalue weighted by Gasteiger charge is 2.09. The van der Waals surface area contributed by atoms with Gasteiger partial charge in [-0.1, -0.05) is 12.1 Å². The standard InChI is InChI=1S/C17H15IN4O/c1-12-19-8-9-22(12)16-10-13(6-7-20-16)11-21-17(23)14-4-2-3-5-15(14)18/h2-10H,11H2,1H3,(H,21,23). The van der Waals surface area contributed by atoms with Crippen molar-refractivity contribution in [3.8, 4) is 5.82 Å². The Bertz CT molecular complexity index is 844. The molecular weight excluding hydrogens is 403 g/mol. The Labute approximate surface area is 147 Å². The number of carbonyl (C=O) groups is 1. The van der Waals surface area contributed by atoms with Crippen molar-refractivity contribution in [1.29, 1.82) is 0 Å². The molecule has 0 unspecified atom stereocenters. The summed E-state index contributed by atoms with van der Waals surface area (Å²) in [5.74, 6) is 1.59. The molecule has 23 heavy (non-hydrogen) atoms. The molecule has 2 heterocycles. The van der Waals surface area contributed by atoms with Crippen molar-refractivity contribution in [3.05, 3.63) is 75.5 Å². The van der Waals surface area contributed by atoms with Crippen molar-refractivity contribution in [3.63, 3.8) is 0 Å². The topological polar surface area (TPSA) is 59.8 Å². The fraction of sp³-hybridized carbons (Fsp3) is 0.118. The van der Waals surface area contributed by atoms with Crippen molar-refractivity contribution < 1.29 is 4.79 Å². The Kier molecular flexibility index (Phi) is 4.71. The van der Waals surface area contributed by atoms with Gasteiger partial charge in [-0.15, -0.1) is 0 Å². The van der Waals surface area contributed by atoms with Crippen LogP contribution in [0.1, 0.15) is 21.7 Å². The van der Waals surface area contributed by atoms with Crippen molar-refractivity contribution in [2.45, 2.75) is 13.5 Å². The van der Waals surface area contributed by atoms with Gasteiger partial charge in [0.15, 0.2) is 0 Å². The molecule has 2 aromatic heterocycles. The van der Waals surface area contributed by atoms with Crippen LogP contribution in [0.3, 0.4) is 0 Å². The minimum Gasteiger partial charge on any atom is -0.348 e. The summed E-state index contributed by atoms with van der Waals surface area (Å²) in [4.78, 5) is 20.8. The number of rotatable bonds is 4. The van der Waals surface area contributed by atoms with Crippen molar-refractivity contribution in [1.82, 2.24) is 19.9 Å². The number of amides is 1. The number of nitrogens with zero attached hydrogens (tertiary/aromatic N) is 3. The molecule has 3 aromatic rings. The van der Waals surface area contributed by atoms with E-state index in [9.17, 15) is 4.79 Å². The predicted molar refractivity (Wildman–Crippen MR) is 96.4 cm³/mol. The number of hydrogen-bond acceptors (Lipinski definition) is 3. The third kappa shape index (κ3) is 3.58. The largest absolute Gasteiger partial charge is 0.348 e. The minimum absolute atomic E-state index is 0.0767. The number of halogens is 1. The van der Waals surface area contributed by atoms with Gasteiger partial charge in [0.25, 0.3) is 5.91 Å². The van der Waals surface area contributed by atoms with Crippen molar-refractivity contribution >= 4 is 28.5 Å². The van der Waals surface area contributed by atoms with Crippen LogP contribution in [0.2, 0.25) is 0 Å². The first-order valence-electron chi connectivity index (χ1n) is 7.13. The van der Waals surface area contributed by atoms with E-state index >= 15 is 0 Å². The number of hydrogen-bond donors (Lipinski definition) is 1. The second-order valence-corrected chi connectivity index (χ2v) is 6.19. The molecule has 0 saturated carbocycles. The fourth-order valence-corrected chi connectivity index (χ4v) is 2.88. The van der Waals surface area contributed by atoms with Gasteiger partial charge in [0.05, 0.1) is 5.56 Å². The van der Waals surface area contributed by atoms with E-state index in [4.69, 9.17) is 0 Å². The van der Waals surface area contributed by atoms with Gasteiger partial charge in [-0.25, -0.2) is 9.97 Å². The highest BCUT2D eigenvalue weighted by Crippen LogP contribution is 2.12. The molecule has 0 aliphatic rings. The molecule has 0 spiro atoms. The molecule has 6 heteroatoms. The van der Waals surface area contributed by atoms with Crippen molar-refractivity contribution in [2.75, 3.05) is 0 Å². The average Bonchev–Trinajstić information content (AvgIpc) is 2.99. The molecule has 0 bridgehead atoms. The van der Waals surface area contributed by atoms with Crippen LogP contribution in [-0.2, 0) is 6.54 Å². The maximum Gasteiger partial charge on any atom is 0.252 e. The van der Waals surface area contributed by atoms with Gasteiger partial charge in [0, 0.05) is 28.7 Å². The van der Waals surface area contributed by atoms with Gasteiger partial charge in [-0.05, 0) is 59.3 Å². The quantitative estimate of drug-likeness (QED) is 0.663. The van der Waals surface area contributed by atoms with Crippen LogP contribution in [0, 0.1) is 10.5 Å². The second-order valence-electron chi connectivity index (χ2n) is 5.03. The van der Waals surface area contributed by atoms with E-state index in [0.29, 0.717) is 12.1 Å². The first-order valence-corrected chi connectivity index (χ1v) is 8.21. The summed E-state index contributed by atoms with van der Waals surface area (Å²) in [6.45, 7) is 2.38. The molecule has 0 atom stereocenters. The van der Waals surface area contributed by atoms with Crippen LogP contribution in [0.4, 0.5) is 0 Å². The van der Waals surface area contributed by atoms with E-state index in [1.165, 1.54) is 0 Å². The average molecular weight is 418 g/mol. The lowest BCUT2D eigenvalue weighted by molar-refractivity contribution is 0.0950. The molecule has 1 N–H and O–H groups in total. The lowest BCUT2D eigenvalue weighted by Crippen LogP contribution is -2.23. The highest BCUT2D eigenvalue weighted by molar-refractivity contribution is 14.1. The Balaban J connectivity index is 1.73. The molecule has 0 radical (unpaired) electrons. The number of carbonyl (C=O) groups excluding carboxylic acids is 1. The van der Waals surface area contributed by atoms with E-state index < -0.39 is 0 Å². The Morgan fingerprint density at radius 3 is 2.78 bits per heavy atom. The van der Waals surface area contributed by atoms with Gasteiger partial charge in [0.1, 0.15) is 11.6 Å². The number of benzene rings is 1. The van der Waals surface area contributed by atoms with Crippen LogP contribution in [0.15, 0.2) is 55.0 Å². The zero-order valence-electron chi connectivity index (χ0n) is 12.5. The molecule has 5 nitrogen and oxygen atoms in total. The number of imidazole rings is 1. The van der Waals surface area contributed by atoms with E-state index in [-0.39, 0.29) is 5.91 Å². The number of aromatic nitrogens is 3. The molecule has 0 saturated heterocycles. The third-order valence-corrected chi connectivity index (χ3v) is 4.39. The zero-order valence-corrected chi connectivity index (χ0v) is 14.7. The number of pyridine rings is 1. The molecule has 3 rings (SSSR count). The zero-order chi connectivity index (χ0) is 16.2. The van der Waals surface area contributed by atoms with Crippen LogP contribution in [-0.4, -0.2) is 20.4 Å². The number of nitrogens with one attached hydrogen (secondary N) is 1. The monoisotopic (exact) mass is 418 g/mol. The molecule has 1 aromatic carbocycles.